The lowest BCUT2D eigenvalue weighted by Gasteiger charge is -2.35. The number of carbonyl (C=O) groups excluding carboxylic acids is 1. The summed E-state index contributed by atoms with van der Waals surface area (Å²) in [5.41, 5.74) is 3.85. The minimum absolute atomic E-state index is 0. The summed E-state index contributed by atoms with van der Waals surface area (Å²) in [6.45, 7) is 6.94. The van der Waals surface area contributed by atoms with E-state index in [2.05, 4.69) is 22.3 Å². The number of oxazole rings is 1. The van der Waals surface area contributed by atoms with Crippen molar-refractivity contribution in [3.8, 4) is 11.5 Å². The molecule has 10 heteroatoms. The Morgan fingerprint density at radius 1 is 1.24 bits per heavy atom. The molecule has 9 nitrogen and oxygen atoms in total. The van der Waals surface area contributed by atoms with Crippen LogP contribution in [0.2, 0.25) is 0 Å². The summed E-state index contributed by atoms with van der Waals surface area (Å²) in [6, 6.07) is 8.10. The maximum absolute atomic E-state index is 12.7. The van der Waals surface area contributed by atoms with Crippen LogP contribution in [0.3, 0.4) is 0 Å². The molecule has 1 saturated heterocycles. The summed E-state index contributed by atoms with van der Waals surface area (Å²) < 4.78 is 7.34. The van der Waals surface area contributed by atoms with Gasteiger partial charge in [-0.1, -0.05) is 17.7 Å². The molecular formula is C23H30IN7O2. The monoisotopic (exact) mass is 563 g/mol. The van der Waals surface area contributed by atoms with E-state index in [1.807, 2.05) is 49.3 Å². The number of nitrogens with zero attached hydrogens (tertiary/aromatic N) is 6. The maximum atomic E-state index is 12.7. The Kier molecular flexibility index (Phi) is 8.48. The molecule has 0 unspecified atom stereocenters. The predicted molar refractivity (Wildman–Crippen MR) is 139 cm³/mol. The SMILES string of the molecule is CCNC(=NCCc1coc(-c2ccc(C)cc2)n1)N1CCN(c2cnn(C)c2)C(=O)C1.I. The molecule has 3 aromatic rings. The standard InChI is InChI=1S/C23H29N7O2.HI/c1-4-24-23(29-11-12-30(21(31)15-29)20-13-26-28(3)14-20)25-10-9-19-16-32-22(27-19)18-7-5-17(2)6-8-18;/h5-8,13-14,16H,4,9-12,15H2,1-3H3,(H,24,25);1H. The van der Waals surface area contributed by atoms with Crippen molar-refractivity contribution in [2.24, 2.45) is 12.0 Å². The lowest BCUT2D eigenvalue weighted by atomic mass is 10.1. The number of amides is 1. The molecule has 1 N–H and O–H groups in total. The molecule has 33 heavy (non-hydrogen) atoms. The number of hydrogen-bond donors (Lipinski definition) is 1. The molecule has 1 aromatic carbocycles. The Bertz CT molecular complexity index is 1090. The first-order chi connectivity index (χ1) is 15.5. The molecule has 1 fully saturated rings. The minimum atomic E-state index is 0. The third-order valence-electron chi connectivity index (χ3n) is 5.34. The molecule has 4 rings (SSSR count). The number of aryl methyl sites for hydroxylation is 2. The second kappa shape index (κ2) is 11.3. The summed E-state index contributed by atoms with van der Waals surface area (Å²) in [7, 11) is 1.85. The van der Waals surface area contributed by atoms with Crippen LogP contribution in [0, 0.1) is 6.92 Å². The highest BCUT2D eigenvalue weighted by Crippen LogP contribution is 2.19. The fourth-order valence-electron chi connectivity index (χ4n) is 3.63. The molecule has 3 heterocycles. The molecule has 0 saturated carbocycles. The molecule has 0 bridgehead atoms. The van der Waals surface area contributed by atoms with Crippen molar-refractivity contribution in [1.29, 1.82) is 0 Å². The predicted octanol–water partition coefficient (Wildman–Crippen LogP) is 2.86. The van der Waals surface area contributed by atoms with Crippen LogP contribution in [0.1, 0.15) is 18.2 Å². The average molecular weight is 563 g/mol. The van der Waals surface area contributed by atoms with Gasteiger partial charge in [-0.05, 0) is 26.0 Å². The molecule has 0 aliphatic carbocycles. The van der Waals surface area contributed by atoms with Gasteiger partial charge in [0.05, 0.1) is 17.6 Å². The highest BCUT2D eigenvalue weighted by molar-refractivity contribution is 14.0. The quantitative estimate of drug-likeness (QED) is 0.282. The van der Waals surface area contributed by atoms with Gasteiger partial charge in [-0.3, -0.25) is 14.5 Å². The van der Waals surface area contributed by atoms with Crippen LogP contribution in [-0.4, -0.2) is 64.3 Å². The third kappa shape index (κ3) is 6.12. The van der Waals surface area contributed by atoms with E-state index < -0.39 is 0 Å². The van der Waals surface area contributed by atoms with E-state index in [1.54, 1.807) is 22.0 Å². The fourth-order valence-corrected chi connectivity index (χ4v) is 3.63. The number of rotatable bonds is 6. The van der Waals surface area contributed by atoms with E-state index in [0.29, 0.717) is 31.9 Å². The first kappa shape index (κ1) is 24.7. The Morgan fingerprint density at radius 3 is 2.70 bits per heavy atom. The number of aromatic nitrogens is 3. The summed E-state index contributed by atoms with van der Waals surface area (Å²) in [6.07, 6.45) is 5.92. The lowest BCUT2D eigenvalue weighted by molar-refractivity contribution is -0.120. The van der Waals surface area contributed by atoms with Gasteiger partial charge in [0.25, 0.3) is 0 Å². The molecule has 176 valence electrons. The number of halogens is 1. The van der Waals surface area contributed by atoms with E-state index in [9.17, 15) is 4.79 Å². The van der Waals surface area contributed by atoms with E-state index in [-0.39, 0.29) is 36.4 Å². The summed E-state index contributed by atoms with van der Waals surface area (Å²) >= 11 is 0. The highest BCUT2D eigenvalue weighted by atomic mass is 127. The molecule has 1 aliphatic heterocycles. The van der Waals surface area contributed by atoms with E-state index >= 15 is 0 Å². The zero-order valence-corrected chi connectivity index (χ0v) is 21.5. The van der Waals surface area contributed by atoms with Gasteiger partial charge >= 0.3 is 0 Å². The molecule has 0 spiro atoms. The molecule has 2 aromatic heterocycles. The summed E-state index contributed by atoms with van der Waals surface area (Å²) in [5, 5.41) is 7.46. The van der Waals surface area contributed by atoms with E-state index in [1.165, 1.54) is 5.56 Å². The number of hydrogen-bond acceptors (Lipinski definition) is 5. The second-order valence-electron chi connectivity index (χ2n) is 7.83. The van der Waals surface area contributed by atoms with Gasteiger partial charge in [0.15, 0.2) is 5.96 Å². The van der Waals surface area contributed by atoms with Gasteiger partial charge in [-0.2, -0.15) is 5.10 Å². The number of benzene rings is 1. The smallest absolute Gasteiger partial charge is 0.246 e. The first-order valence-corrected chi connectivity index (χ1v) is 10.9. The molecule has 1 aliphatic rings. The Balaban J connectivity index is 0.00000306. The molecule has 1 amide bonds. The third-order valence-corrected chi connectivity index (χ3v) is 5.34. The van der Waals surface area contributed by atoms with E-state index in [4.69, 9.17) is 9.41 Å². The normalized spacial score (nSPS) is 14.4. The van der Waals surface area contributed by atoms with Gasteiger partial charge < -0.3 is 19.5 Å². The molecule has 0 atom stereocenters. The molecular weight excluding hydrogens is 533 g/mol. The maximum Gasteiger partial charge on any atom is 0.246 e. The van der Waals surface area contributed by atoms with Crippen molar-refractivity contribution < 1.29 is 9.21 Å². The Labute approximate surface area is 210 Å². The van der Waals surface area contributed by atoms with Crippen LogP contribution in [0.5, 0.6) is 0 Å². The number of guanidine groups is 1. The van der Waals surface area contributed by atoms with Gasteiger partial charge in [0.1, 0.15) is 12.8 Å². The van der Waals surface area contributed by atoms with Crippen molar-refractivity contribution in [3.63, 3.8) is 0 Å². The minimum Gasteiger partial charge on any atom is -0.444 e. The number of aliphatic imine (C=N–C) groups is 1. The van der Waals surface area contributed by atoms with Crippen LogP contribution in [0.15, 0.2) is 52.3 Å². The highest BCUT2D eigenvalue weighted by Gasteiger charge is 2.27. The van der Waals surface area contributed by atoms with Crippen molar-refractivity contribution in [3.05, 3.63) is 54.2 Å². The van der Waals surface area contributed by atoms with Crippen molar-refractivity contribution >= 4 is 41.5 Å². The largest absolute Gasteiger partial charge is 0.444 e. The first-order valence-electron chi connectivity index (χ1n) is 10.9. The zero-order chi connectivity index (χ0) is 22.5. The van der Waals surface area contributed by atoms with Gasteiger partial charge in [0.2, 0.25) is 11.8 Å². The Morgan fingerprint density at radius 2 is 2.03 bits per heavy atom. The van der Waals surface area contributed by atoms with Crippen molar-refractivity contribution in [1.82, 2.24) is 25.0 Å². The number of carbonyl (C=O) groups is 1. The average Bonchev–Trinajstić information content (AvgIpc) is 3.43. The lowest BCUT2D eigenvalue weighted by Crippen LogP contribution is -2.55. The number of piperazine rings is 1. The second-order valence-corrected chi connectivity index (χ2v) is 7.83. The van der Waals surface area contributed by atoms with Crippen LogP contribution in [-0.2, 0) is 18.3 Å². The number of anilines is 1. The van der Waals surface area contributed by atoms with Crippen LogP contribution >= 0.6 is 24.0 Å². The molecule has 0 radical (unpaired) electrons. The van der Waals surface area contributed by atoms with Crippen molar-refractivity contribution in [2.75, 3.05) is 37.6 Å². The van der Waals surface area contributed by atoms with E-state index in [0.717, 1.165) is 29.4 Å². The van der Waals surface area contributed by atoms with Crippen LogP contribution in [0.4, 0.5) is 5.69 Å². The van der Waals surface area contributed by atoms with Gasteiger partial charge in [-0.15, -0.1) is 24.0 Å². The zero-order valence-electron chi connectivity index (χ0n) is 19.2. The van der Waals surface area contributed by atoms with Gasteiger partial charge in [-0.25, -0.2) is 4.98 Å². The summed E-state index contributed by atoms with van der Waals surface area (Å²) in [4.78, 5) is 25.8. The van der Waals surface area contributed by atoms with Crippen LogP contribution in [0.25, 0.3) is 11.5 Å². The van der Waals surface area contributed by atoms with Crippen molar-refractivity contribution in [2.45, 2.75) is 20.3 Å². The van der Waals surface area contributed by atoms with Crippen LogP contribution < -0.4 is 10.2 Å². The Hall–Kier alpha value is -2.89. The topological polar surface area (TPSA) is 91.8 Å². The fraction of sp³-hybridized carbons (Fsp3) is 0.391. The van der Waals surface area contributed by atoms with Gasteiger partial charge in [0, 0.05) is 51.4 Å². The summed E-state index contributed by atoms with van der Waals surface area (Å²) in [5.74, 6) is 1.40. The number of nitrogens with one attached hydrogen (secondary N) is 1.